The Bertz CT molecular complexity index is 1640. The van der Waals surface area contributed by atoms with E-state index in [0.29, 0.717) is 34.3 Å². The van der Waals surface area contributed by atoms with Crippen LogP contribution in [0.5, 0.6) is 0 Å². The van der Waals surface area contributed by atoms with Gasteiger partial charge in [-0.05, 0) is 49.2 Å². The highest BCUT2D eigenvalue weighted by Crippen LogP contribution is 2.61. The number of fused-ring (bicyclic) bond motifs is 4. The van der Waals surface area contributed by atoms with Crippen molar-refractivity contribution < 1.29 is 24.2 Å². The number of nitrogens with one attached hydrogen (secondary N) is 1. The van der Waals surface area contributed by atoms with Crippen LogP contribution in [-0.4, -0.2) is 53.0 Å². The molecule has 12 heteroatoms. The van der Waals surface area contributed by atoms with E-state index in [1.807, 2.05) is 42.2 Å². The fourth-order valence-electron chi connectivity index (χ4n) is 7.05. The number of hydrogen-bond acceptors (Lipinski definition) is 5. The van der Waals surface area contributed by atoms with Crippen molar-refractivity contribution >= 4 is 75.6 Å². The van der Waals surface area contributed by atoms with Crippen molar-refractivity contribution in [2.45, 2.75) is 37.1 Å². The first-order valence-corrected chi connectivity index (χ1v) is 15.1. The number of carbonyl (C=O) groups is 3. The third kappa shape index (κ3) is 4.89. The number of anilines is 2. The minimum atomic E-state index is -1.78. The second kappa shape index (κ2) is 10.9. The van der Waals surface area contributed by atoms with E-state index in [2.05, 4.69) is 5.32 Å². The standard InChI is InChI=1S/C31H27Cl4N3O5/c1-30(43-14-16-6-4-3-5-7-16)13-23-24(27(39)37(2)20-9-17(32)8-18(33)10-20)25(28(40)41)31(38(23)15-30)21-11-19(34)12-22(35)26(21)36-29(31)42/h3-12,23-25H,13-15H2,1-2H3,(H,36,42)(H,40,41)/t23-,24?,25-,30+,31+/m1/s1. The normalized spacial score (nSPS) is 27.7. The summed E-state index contributed by atoms with van der Waals surface area (Å²) >= 11 is 25.4. The molecule has 2 N–H and O–H groups in total. The highest BCUT2D eigenvalue weighted by Gasteiger charge is 2.74. The lowest BCUT2D eigenvalue weighted by Crippen LogP contribution is -2.55. The molecular weight excluding hydrogens is 636 g/mol. The van der Waals surface area contributed by atoms with Gasteiger partial charge in [0.05, 0.1) is 28.8 Å². The zero-order valence-electron chi connectivity index (χ0n) is 23.1. The van der Waals surface area contributed by atoms with Crippen LogP contribution in [0.3, 0.4) is 0 Å². The van der Waals surface area contributed by atoms with Crippen LogP contribution in [0, 0.1) is 11.8 Å². The Morgan fingerprint density at radius 2 is 1.70 bits per heavy atom. The molecule has 6 rings (SSSR count). The maximum atomic E-state index is 14.4. The van der Waals surface area contributed by atoms with Crippen molar-refractivity contribution in [1.29, 1.82) is 0 Å². The number of carboxylic acid groups (broad SMARTS) is 1. The van der Waals surface area contributed by atoms with Gasteiger partial charge in [0, 0.05) is 46.0 Å². The number of nitrogens with zero attached hydrogens (tertiary/aromatic N) is 2. The molecule has 224 valence electrons. The maximum absolute atomic E-state index is 14.4. The van der Waals surface area contributed by atoms with Gasteiger partial charge in [0.25, 0.3) is 5.91 Å². The van der Waals surface area contributed by atoms with Crippen molar-refractivity contribution in [2.75, 3.05) is 23.8 Å². The first-order valence-electron chi connectivity index (χ1n) is 13.6. The second-order valence-corrected chi connectivity index (χ2v) is 13.2. The molecule has 5 atom stereocenters. The zero-order valence-corrected chi connectivity index (χ0v) is 26.1. The lowest BCUT2D eigenvalue weighted by molar-refractivity contribution is -0.153. The van der Waals surface area contributed by atoms with E-state index in [-0.39, 0.29) is 22.3 Å². The SMILES string of the molecule is CN(C(=O)C1[C@H]2C[C@](C)(OCc3ccccc3)CN2[C@]2(C(=O)Nc3c(Cl)cc(Cl)cc32)[C@H]1C(=O)O)c1cc(Cl)cc(Cl)c1. The molecule has 43 heavy (non-hydrogen) atoms. The molecule has 3 heterocycles. The van der Waals surface area contributed by atoms with Gasteiger partial charge in [-0.25, -0.2) is 0 Å². The van der Waals surface area contributed by atoms with Gasteiger partial charge in [0.2, 0.25) is 5.91 Å². The van der Waals surface area contributed by atoms with E-state index >= 15 is 0 Å². The van der Waals surface area contributed by atoms with Crippen LogP contribution in [0.4, 0.5) is 11.4 Å². The fourth-order valence-corrected chi connectivity index (χ4v) is 8.10. The quantitative estimate of drug-likeness (QED) is 0.313. The van der Waals surface area contributed by atoms with Gasteiger partial charge in [-0.15, -0.1) is 0 Å². The number of carbonyl (C=O) groups excluding carboxylic acids is 2. The number of halogens is 4. The Morgan fingerprint density at radius 3 is 2.35 bits per heavy atom. The summed E-state index contributed by atoms with van der Waals surface area (Å²) in [7, 11) is 1.54. The molecular formula is C31H27Cl4N3O5. The highest BCUT2D eigenvalue weighted by molar-refractivity contribution is 6.38. The Hall–Kier alpha value is -2.85. The molecule has 3 aromatic rings. The van der Waals surface area contributed by atoms with E-state index in [4.69, 9.17) is 51.1 Å². The molecule has 2 fully saturated rings. The second-order valence-electron chi connectivity index (χ2n) is 11.5. The Kier molecular flexibility index (Phi) is 7.68. The molecule has 0 radical (unpaired) electrons. The van der Waals surface area contributed by atoms with Crippen LogP contribution in [0.2, 0.25) is 20.1 Å². The molecule has 0 aliphatic carbocycles. The average Bonchev–Trinajstić information content (AvgIpc) is 3.53. The Labute approximate surface area is 268 Å². The number of rotatable bonds is 6. The number of amides is 2. The van der Waals surface area contributed by atoms with E-state index in [1.165, 1.54) is 24.1 Å². The van der Waals surface area contributed by atoms with Crippen molar-refractivity contribution in [3.05, 3.63) is 91.9 Å². The number of ether oxygens (including phenoxy) is 1. The van der Waals surface area contributed by atoms with Crippen LogP contribution in [-0.2, 0) is 31.3 Å². The molecule has 8 nitrogen and oxygen atoms in total. The molecule has 1 spiro atoms. The largest absolute Gasteiger partial charge is 0.481 e. The van der Waals surface area contributed by atoms with Crippen LogP contribution in [0.25, 0.3) is 0 Å². The lowest BCUT2D eigenvalue weighted by atomic mass is 9.73. The maximum Gasteiger partial charge on any atom is 0.310 e. The summed E-state index contributed by atoms with van der Waals surface area (Å²) in [5, 5.41) is 14.7. The van der Waals surface area contributed by atoms with E-state index in [9.17, 15) is 19.5 Å². The van der Waals surface area contributed by atoms with Gasteiger partial charge < -0.3 is 20.1 Å². The monoisotopic (exact) mass is 661 g/mol. The van der Waals surface area contributed by atoms with Crippen LogP contribution >= 0.6 is 46.4 Å². The Morgan fingerprint density at radius 1 is 1.05 bits per heavy atom. The molecule has 0 aromatic heterocycles. The minimum absolute atomic E-state index is 0.177. The first kappa shape index (κ1) is 30.2. The number of benzene rings is 3. The zero-order chi connectivity index (χ0) is 30.8. The van der Waals surface area contributed by atoms with Crippen molar-refractivity contribution in [3.8, 4) is 0 Å². The third-order valence-electron chi connectivity index (χ3n) is 8.82. The lowest BCUT2D eigenvalue weighted by Gasteiger charge is -2.37. The molecule has 3 aliphatic heterocycles. The molecule has 2 amide bonds. The summed E-state index contributed by atoms with van der Waals surface area (Å²) in [5.74, 6) is -5.01. The van der Waals surface area contributed by atoms with E-state index in [1.54, 1.807) is 18.2 Å². The molecule has 1 unspecified atom stereocenters. The van der Waals surface area contributed by atoms with Gasteiger partial charge in [0.15, 0.2) is 0 Å². The summed E-state index contributed by atoms with van der Waals surface area (Å²) in [6.07, 6.45) is 0.294. The summed E-state index contributed by atoms with van der Waals surface area (Å²) in [6, 6.07) is 16.7. The number of hydrogen-bond donors (Lipinski definition) is 2. The number of aliphatic carboxylic acids is 1. The minimum Gasteiger partial charge on any atom is -0.481 e. The predicted molar refractivity (Wildman–Crippen MR) is 166 cm³/mol. The molecule has 3 aliphatic rings. The molecule has 0 bridgehead atoms. The molecule has 3 aromatic carbocycles. The van der Waals surface area contributed by atoms with E-state index < -0.39 is 46.8 Å². The first-order chi connectivity index (χ1) is 20.4. The summed E-state index contributed by atoms with van der Waals surface area (Å²) in [4.78, 5) is 45.0. The van der Waals surface area contributed by atoms with Gasteiger partial charge in [-0.2, -0.15) is 0 Å². The Balaban J connectivity index is 1.48. The van der Waals surface area contributed by atoms with Crippen molar-refractivity contribution in [3.63, 3.8) is 0 Å². The molecule has 0 saturated carbocycles. The van der Waals surface area contributed by atoms with Gasteiger partial charge >= 0.3 is 5.97 Å². The summed E-state index contributed by atoms with van der Waals surface area (Å²) in [6.45, 7) is 2.40. The summed E-state index contributed by atoms with van der Waals surface area (Å²) < 4.78 is 6.45. The average molecular weight is 663 g/mol. The van der Waals surface area contributed by atoms with Crippen molar-refractivity contribution in [2.24, 2.45) is 11.8 Å². The van der Waals surface area contributed by atoms with Crippen LogP contribution < -0.4 is 10.2 Å². The fraction of sp³-hybridized carbons (Fsp3) is 0.323. The topological polar surface area (TPSA) is 99.2 Å². The van der Waals surface area contributed by atoms with Crippen LogP contribution in [0.1, 0.15) is 24.5 Å². The highest BCUT2D eigenvalue weighted by atomic mass is 35.5. The van der Waals surface area contributed by atoms with Gasteiger partial charge in [-0.1, -0.05) is 76.7 Å². The third-order valence-corrected chi connectivity index (χ3v) is 9.77. The predicted octanol–water partition coefficient (Wildman–Crippen LogP) is 6.49. The van der Waals surface area contributed by atoms with Gasteiger partial charge in [0.1, 0.15) is 11.5 Å². The van der Waals surface area contributed by atoms with Crippen molar-refractivity contribution in [1.82, 2.24) is 4.90 Å². The smallest absolute Gasteiger partial charge is 0.310 e. The summed E-state index contributed by atoms with van der Waals surface area (Å²) in [5.41, 5.74) is -0.643. The van der Waals surface area contributed by atoms with Crippen LogP contribution in [0.15, 0.2) is 60.7 Å². The van der Waals surface area contributed by atoms with E-state index in [0.717, 1.165) is 5.56 Å². The molecule has 2 saturated heterocycles. The number of carboxylic acids is 1. The van der Waals surface area contributed by atoms with Gasteiger partial charge in [-0.3, -0.25) is 19.3 Å².